The van der Waals surface area contributed by atoms with Gasteiger partial charge in [-0.1, -0.05) is 42.5 Å². The second kappa shape index (κ2) is 12.7. The molecule has 0 atom stereocenters. The van der Waals surface area contributed by atoms with Gasteiger partial charge in [-0.2, -0.15) is 0 Å². The number of sulfone groups is 1. The van der Waals surface area contributed by atoms with Crippen molar-refractivity contribution in [2.45, 2.75) is 57.3 Å². The third kappa shape index (κ3) is 5.95. The highest BCUT2D eigenvalue weighted by Gasteiger charge is 2.24. The first kappa shape index (κ1) is 29.4. The summed E-state index contributed by atoms with van der Waals surface area (Å²) in [6.07, 6.45) is 0. The summed E-state index contributed by atoms with van der Waals surface area (Å²) >= 11 is 0. The Balaban J connectivity index is 1.83. The number of aryl methyl sites for hydroxylation is 2. The van der Waals surface area contributed by atoms with Crippen LogP contribution >= 0.6 is 0 Å². The highest BCUT2D eigenvalue weighted by atomic mass is 32.2. The van der Waals surface area contributed by atoms with E-state index in [4.69, 9.17) is 0 Å². The molecule has 0 aromatic heterocycles. The zero-order valence-corrected chi connectivity index (χ0v) is 25.5. The van der Waals surface area contributed by atoms with Crippen LogP contribution in [0.15, 0.2) is 101 Å². The zero-order chi connectivity index (χ0) is 28.9. The van der Waals surface area contributed by atoms with E-state index in [2.05, 4.69) is 87.7 Å². The number of hydrogen-bond donors (Lipinski definition) is 0. The molecule has 0 aliphatic heterocycles. The fourth-order valence-electron chi connectivity index (χ4n) is 5.64. The Bertz CT molecular complexity index is 1460. The van der Waals surface area contributed by atoms with Crippen molar-refractivity contribution in [2.75, 3.05) is 36.0 Å². The minimum atomic E-state index is -3.58. The minimum absolute atomic E-state index is 0.0232. The molecule has 0 fully saturated rings. The van der Waals surface area contributed by atoms with E-state index in [1.807, 2.05) is 18.2 Å². The van der Waals surface area contributed by atoms with E-state index in [0.717, 1.165) is 31.7 Å². The molecule has 0 heterocycles. The van der Waals surface area contributed by atoms with Gasteiger partial charge in [-0.3, -0.25) is 0 Å². The van der Waals surface area contributed by atoms with E-state index in [9.17, 15) is 8.42 Å². The molecule has 0 saturated heterocycles. The van der Waals surface area contributed by atoms with Crippen LogP contribution in [0.2, 0.25) is 0 Å². The van der Waals surface area contributed by atoms with E-state index in [1.165, 1.54) is 33.6 Å². The molecule has 0 bridgehead atoms. The Labute approximate surface area is 241 Å². The summed E-state index contributed by atoms with van der Waals surface area (Å²) in [6.45, 7) is 16.9. The van der Waals surface area contributed by atoms with E-state index < -0.39 is 9.84 Å². The van der Waals surface area contributed by atoms with Crippen LogP contribution in [0.25, 0.3) is 0 Å². The molecule has 4 aromatic carbocycles. The molecule has 0 aliphatic carbocycles. The number of hydrogen-bond acceptors (Lipinski definition) is 4. The number of benzene rings is 4. The van der Waals surface area contributed by atoms with Gasteiger partial charge in [0.25, 0.3) is 0 Å². The average molecular weight is 555 g/mol. The molecule has 0 N–H and O–H groups in total. The maximum atomic E-state index is 13.3. The second-order valence-electron chi connectivity index (χ2n) is 10.2. The lowest BCUT2D eigenvalue weighted by atomic mass is 9.81. The molecular weight excluding hydrogens is 512 g/mol. The van der Waals surface area contributed by atoms with Crippen molar-refractivity contribution in [1.82, 2.24) is 0 Å². The highest BCUT2D eigenvalue weighted by Crippen LogP contribution is 2.38. The largest absolute Gasteiger partial charge is 0.372 e. The molecule has 4 rings (SSSR count). The summed E-state index contributed by atoms with van der Waals surface area (Å²) in [5.74, 6) is -0.0232. The molecule has 0 unspecified atom stereocenters. The van der Waals surface area contributed by atoms with Crippen LogP contribution in [0.3, 0.4) is 0 Å². The molecular formula is C35H42N2O2S. The number of anilines is 2. The number of rotatable bonds is 11. The van der Waals surface area contributed by atoms with Gasteiger partial charge in [0.2, 0.25) is 9.84 Å². The Hall–Kier alpha value is -3.57. The molecule has 5 heteroatoms. The van der Waals surface area contributed by atoms with E-state index in [1.54, 1.807) is 36.4 Å². The maximum absolute atomic E-state index is 13.3. The predicted octanol–water partition coefficient (Wildman–Crippen LogP) is 8.01. The lowest BCUT2D eigenvalue weighted by Gasteiger charge is -2.27. The van der Waals surface area contributed by atoms with Crippen molar-refractivity contribution in [3.63, 3.8) is 0 Å². The first-order valence-corrected chi connectivity index (χ1v) is 15.8. The van der Waals surface area contributed by atoms with Crippen molar-refractivity contribution in [3.8, 4) is 0 Å². The van der Waals surface area contributed by atoms with Gasteiger partial charge < -0.3 is 9.80 Å². The molecule has 4 aromatic rings. The van der Waals surface area contributed by atoms with Gasteiger partial charge >= 0.3 is 0 Å². The molecule has 0 saturated carbocycles. The van der Waals surface area contributed by atoms with Crippen LogP contribution in [-0.2, 0) is 9.84 Å². The van der Waals surface area contributed by atoms with Crippen molar-refractivity contribution in [2.24, 2.45) is 0 Å². The van der Waals surface area contributed by atoms with Crippen molar-refractivity contribution in [3.05, 3.63) is 119 Å². The summed E-state index contributed by atoms with van der Waals surface area (Å²) < 4.78 is 26.5. The molecule has 0 spiro atoms. The molecule has 0 amide bonds. The first-order chi connectivity index (χ1) is 19.2. The van der Waals surface area contributed by atoms with E-state index >= 15 is 0 Å². The first-order valence-electron chi connectivity index (χ1n) is 14.4. The molecule has 0 aliphatic rings. The lowest BCUT2D eigenvalue weighted by Crippen LogP contribution is -2.22. The standard InChI is InChI=1S/C35H42N2O2S/c1-7-36(8-2)29-18-22-33(26(5)24-29)35(34-23-19-30(25-27(34)6)37(9-3)10-4)28-16-20-32(21-17-28)40(38,39)31-14-12-11-13-15-31/h11-25,35H,7-10H2,1-6H3. The highest BCUT2D eigenvalue weighted by molar-refractivity contribution is 7.91. The smallest absolute Gasteiger partial charge is 0.206 e. The fraction of sp³-hybridized carbons (Fsp3) is 0.314. The lowest BCUT2D eigenvalue weighted by molar-refractivity contribution is 0.596. The molecule has 210 valence electrons. The normalized spacial score (nSPS) is 11.6. The third-order valence-corrected chi connectivity index (χ3v) is 9.75. The zero-order valence-electron chi connectivity index (χ0n) is 24.7. The van der Waals surface area contributed by atoms with Crippen LogP contribution in [0.4, 0.5) is 11.4 Å². The van der Waals surface area contributed by atoms with E-state index in [0.29, 0.717) is 9.79 Å². The van der Waals surface area contributed by atoms with E-state index in [-0.39, 0.29) is 5.92 Å². The Morgan fingerprint density at radius 3 is 1.40 bits per heavy atom. The molecule has 0 radical (unpaired) electrons. The van der Waals surface area contributed by atoms with Crippen LogP contribution in [-0.4, -0.2) is 34.6 Å². The average Bonchev–Trinajstić information content (AvgIpc) is 2.97. The summed E-state index contributed by atoms with van der Waals surface area (Å²) in [4.78, 5) is 5.34. The molecule has 4 nitrogen and oxygen atoms in total. The van der Waals surface area contributed by atoms with Gasteiger partial charge in [0.15, 0.2) is 0 Å². The number of nitrogens with zero attached hydrogens (tertiary/aromatic N) is 2. The topological polar surface area (TPSA) is 40.6 Å². The summed E-state index contributed by atoms with van der Waals surface area (Å²) in [5.41, 5.74) is 8.43. The van der Waals surface area contributed by atoms with Gasteiger partial charge in [0.05, 0.1) is 9.79 Å². The van der Waals surface area contributed by atoms with Crippen molar-refractivity contribution >= 4 is 21.2 Å². The predicted molar refractivity (Wildman–Crippen MR) is 169 cm³/mol. The van der Waals surface area contributed by atoms with Gasteiger partial charge in [0.1, 0.15) is 0 Å². The van der Waals surface area contributed by atoms with Crippen LogP contribution in [0.5, 0.6) is 0 Å². The third-order valence-electron chi connectivity index (χ3n) is 7.96. The van der Waals surface area contributed by atoms with Gasteiger partial charge in [0, 0.05) is 43.5 Å². The quantitative estimate of drug-likeness (QED) is 0.176. The monoisotopic (exact) mass is 554 g/mol. The van der Waals surface area contributed by atoms with Crippen molar-refractivity contribution < 1.29 is 8.42 Å². The Kier molecular flexibility index (Phi) is 9.36. The van der Waals surface area contributed by atoms with Crippen LogP contribution in [0.1, 0.15) is 61.4 Å². The SMILES string of the molecule is CCN(CC)c1ccc(C(c2ccc(S(=O)(=O)c3ccccc3)cc2)c2ccc(N(CC)CC)cc2C)c(C)c1. The van der Waals surface area contributed by atoms with Gasteiger partial charge in [-0.05, 0) is 118 Å². The summed E-state index contributed by atoms with van der Waals surface area (Å²) in [7, 11) is -3.58. The van der Waals surface area contributed by atoms with Crippen molar-refractivity contribution in [1.29, 1.82) is 0 Å². The Morgan fingerprint density at radius 1 is 0.575 bits per heavy atom. The van der Waals surface area contributed by atoms with Crippen LogP contribution < -0.4 is 9.80 Å². The van der Waals surface area contributed by atoms with Crippen LogP contribution in [0, 0.1) is 13.8 Å². The maximum Gasteiger partial charge on any atom is 0.206 e. The van der Waals surface area contributed by atoms with Gasteiger partial charge in [-0.25, -0.2) is 8.42 Å². The minimum Gasteiger partial charge on any atom is -0.372 e. The Morgan fingerprint density at radius 2 is 1.00 bits per heavy atom. The van der Waals surface area contributed by atoms with Gasteiger partial charge in [-0.15, -0.1) is 0 Å². The summed E-state index contributed by atoms with van der Waals surface area (Å²) in [6, 6.07) is 29.6. The molecule has 40 heavy (non-hydrogen) atoms. The summed E-state index contributed by atoms with van der Waals surface area (Å²) in [5, 5.41) is 0. The fourth-order valence-corrected chi connectivity index (χ4v) is 6.92. The second-order valence-corrected chi connectivity index (χ2v) is 12.2.